The third-order valence-corrected chi connectivity index (χ3v) is 4.11. The molecule has 0 spiro atoms. The summed E-state index contributed by atoms with van der Waals surface area (Å²) < 4.78 is 13.2. The number of nitrogens with one attached hydrogen (secondary N) is 3. The van der Waals surface area contributed by atoms with E-state index in [1.165, 1.54) is 12.1 Å². The summed E-state index contributed by atoms with van der Waals surface area (Å²) in [6, 6.07) is 12.1. The van der Waals surface area contributed by atoms with Crippen molar-refractivity contribution >= 4 is 17.6 Å². The molecule has 2 aromatic carbocycles. The van der Waals surface area contributed by atoms with Crippen LogP contribution in [-0.4, -0.2) is 11.9 Å². The topological polar surface area (TPSA) is 70.2 Å². The molecule has 0 aromatic heterocycles. The van der Waals surface area contributed by atoms with E-state index in [1.54, 1.807) is 19.1 Å². The van der Waals surface area contributed by atoms with Crippen molar-refractivity contribution in [3.8, 4) is 0 Å². The maximum atomic E-state index is 13.2. The van der Waals surface area contributed by atoms with E-state index < -0.39 is 12.1 Å². The maximum absolute atomic E-state index is 13.2. The number of aryl methyl sites for hydroxylation is 1. The van der Waals surface area contributed by atoms with Crippen LogP contribution in [0.3, 0.4) is 0 Å². The zero-order valence-electron chi connectivity index (χ0n) is 13.9. The summed E-state index contributed by atoms with van der Waals surface area (Å²) in [5.74, 6) is -0.704. The van der Waals surface area contributed by atoms with Gasteiger partial charge < -0.3 is 16.0 Å². The van der Waals surface area contributed by atoms with Gasteiger partial charge in [-0.2, -0.15) is 0 Å². The number of benzene rings is 2. The fourth-order valence-corrected chi connectivity index (χ4v) is 2.80. The van der Waals surface area contributed by atoms with Crippen LogP contribution in [0.1, 0.15) is 24.1 Å². The van der Waals surface area contributed by atoms with E-state index in [4.69, 9.17) is 0 Å². The number of para-hydroxylation sites is 1. The average molecular weight is 339 g/mol. The Morgan fingerprint density at radius 2 is 1.76 bits per heavy atom. The largest absolute Gasteiger partial charge is 0.327 e. The summed E-state index contributed by atoms with van der Waals surface area (Å²) in [5, 5.41) is 8.21. The van der Waals surface area contributed by atoms with Crippen LogP contribution < -0.4 is 16.0 Å². The lowest BCUT2D eigenvalue weighted by Gasteiger charge is -2.28. The Bertz CT molecular complexity index is 859. The van der Waals surface area contributed by atoms with Crippen molar-refractivity contribution in [2.45, 2.75) is 19.9 Å². The first-order valence-corrected chi connectivity index (χ1v) is 7.86. The van der Waals surface area contributed by atoms with E-state index in [2.05, 4.69) is 16.0 Å². The minimum absolute atomic E-state index is 0.325. The monoisotopic (exact) mass is 339 g/mol. The van der Waals surface area contributed by atoms with Crippen molar-refractivity contribution in [1.29, 1.82) is 0 Å². The molecule has 1 aliphatic rings. The van der Waals surface area contributed by atoms with Gasteiger partial charge in [0.2, 0.25) is 0 Å². The van der Waals surface area contributed by atoms with Crippen LogP contribution in [-0.2, 0) is 4.79 Å². The highest BCUT2D eigenvalue weighted by atomic mass is 19.1. The molecule has 128 valence electrons. The lowest BCUT2D eigenvalue weighted by molar-refractivity contribution is -0.113. The molecule has 5 nitrogen and oxygen atoms in total. The number of rotatable bonds is 3. The third-order valence-electron chi connectivity index (χ3n) is 4.11. The van der Waals surface area contributed by atoms with Gasteiger partial charge in [0.1, 0.15) is 5.82 Å². The molecular formula is C19H18FN3O2. The normalized spacial score (nSPS) is 16.9. The minimum Gasteiger partial charge on any atom is -0.327 e. The van der Waals surface area contributed by atoms with Crippen LogP contribution in [0.4, 0.5) is 14.9 Å². The summed E-state index contributed by atoms with van der Waals surface area (Å²) in [4.78, 5) is 24.7. The number of amides is 3. The van der Waals surface area contributed by atoms with Gasteiger partial charge in [-0.3, -0.25) is 4.79 Å². The molecule has 3 amide bonds. The number of hydrogen-bond donors (Lipinski definition) is 3. The molecule has 1 unspecified atom stereocenters. The Morgan fingerprint density at radius 3 is 2.44 bits per heavy atom. The Labute approximate surface area is 144 Å². The van der Waals surface area contributed by atoms with Gasteiger partial charge >= 0.3 is 6.03 Å². The fourth-order valence-electron chi connectivity index (χ4n) is 2.80. The molecular weight excluding hydrogens is 321 g/mol. The summed E-state index contributed by atoms with van der Waals surface area (Å²) in [5.41, 5.74) is 3.10. The second-order valence-electron chi connectivity index (χ2n) is 5.89. The van der Waals surface area contributed by atoms with Gasteiger partial charge in [0.25, 0.3) is 5.91 Å². The highest BCUT2D eigenvalue weighted by molar-refractivity contribution is 6.07. The minimum atomic E-state index is -0.654. The Hall–Kier alpha value is -3.15. The third kappa shape index (κ3) is 3.52. The Morgan fingerprint density at radius 1 is 1.08 bits per heavy atom. The van der Waals surface area contributed by atoms with E-state index in [-0.39, 0.29) is 11.7 Å². The first-order chi connectivity index (χ1) is 12.0. The molecule has 6 heteroatoms. The highest BCUT2D eigenvalue weighted by Crippen LogP contribution is 2.28. The van der Waals surface area contributed by atoms with E-state index in [1.807, 2.05) is 31.2 Å². The highest BCUT2D eigenvalue weighted by Gasteiger charge is 2.31. The summed E-state index contributed by atoms with van der Waals surface area (Å²) in [6.45, 7) is 3.57. The number of urea groups is 1. The first-order valence-electron chi connectivity index (χ1n) is 7.86. The zero-order valence-corrected chi connectivity index (χ0v) is 13.9. The quantitative estimate of drug-likeness (QED) is 0.802. The van der Waals surface area contributed by atoms with Gasteiger partial charge in [-0.1, -0.05) is 30.3 Å². The molecule has 0 fully saturated rings. The van der Waals surface area contributed by atoms with Crippen molar-refractivity contribution < 1.29 is 14.0 Å². The Balaban J connectivity index is 1.96. The number of halogens is 1. The second-order valence-corrected chi connectivity index (χ2v) is 5.89. The smallest absolute Gasteiger partial charge is 0.319 e. The van der Waals surface area contributed by atoms with Crippen molar-refractivity contribution in [2.24, 2.45) is 0 Å². The first kappa shape index (κ1) is 16.7. The van der Waals surface area contributed by atoms with Crippen molar-refractivity contribution in [1.82, 2.24) is 10.6 Å². The van der Waals surface area contributed by atoms with Crippen molar-refractivity contribution in [3.05, 3.63) is 76.7 Å². The van der Waals surface area contributed by atoms with Gasteiger partial charge in [-0.05, 0) is 43.2 Å². The summed E-state index contributed by atoms with van der Waals surface area (Å²) >= 11 is 0. The maximum Gasteiger partial charge on any atom is 0.319 e. The second kappa shape index (κ2) is 6.76. The fraction of sp³-hybridized carbons (Fsp3) is 0.158. The number of allylic oxidation sites excluding steroid dienone is 1. The molecule has 1 aliphatic heterocycles. The molecule has 1 atom stereocenters. The van der Waals surface area contributed by atoms with E-state index >= 15 is 0 Å². The van der Waals surface area contributed by atoms with E-state index in [9.17, 15) is 14.0 Å². The zero-order chi connectivity index (χ0) is 18.0. The molecule has 0 radical (unpaired) electrons. The number of hydrogen-bond acceptors (Lipinski definition) is 2. The molecule has 0 saturated heterocycles. The average Bonchev–Trinajstić information content (AvgIpc) is 2.57. The predicted octanol–water partition coefficient (Wildman–Crippen LogP) is 3.40. The van der Waals surface area contributed by atoms with Crippen LogP contribution in [0, 0.1) is 12.7 Å². The Kier molecular flexibility index (Phi) is 4.52. The van der Waals surface area contributed by atoms with Gasteiger partial charge in [0.15, 0.2) is 0 Å². The van der Waals surface area contributed by atoms with Gasteiger partial charge in [0, 0.05) is 11.4 Å². The van der Waals surface area contributed by atoms with Crippen LogP contribution in [0.2, 0.25) is 0 Å². The SMILES string of the molecule is CC1=C(C(=O)Nc2ccccc2C)C(c2ccc(F)cc2)NC(=O)N1. The van der Waals surface area contributed by atoms with Gasteiger partial charge in [-0.15, -0.1) is 0 Å². The van der Waals surface area contributed by atoms with Gasteiger partial charge in [-0.25, -0.2) is 9.18 Å². The van der Waals surface area contributed by atoms with Crippen molar-refractivity contribution in [3.63, 3.8) is 0 Å². The predicted molar refractivity (Wildman–Crippen MR) is 93.3 cm³/mol. The number of anilines is 1. The summed E-state index contributed by atoms with van der Waals surface area (Å²) in [6.07, 6.45) is 0. The van der Waals surface area contributed by atoms with Crippen LogP contribution in [0.25, 0.3) is 0 Å². The molecule has 3 rings (SSSR count). The molecule has 0 saturated carbocycles. The van der Waals surface area contributed by atoms with Crippen LogP contribution in [0.15, 0.2) is 59.8 Å². The van der Waals surface area contributed by atoms with Crippen molar-refractivity contribution in [2.75, 3.05) is 5.32 Å². The number of carbonyl (C=O) groups excluding carboxylic acids is 2. The molecule has 1 heterocycles. The molecule has 2 aromatic rings. The number of carbonyl (C=O) groups is 2. The molecule has 3 N–H and O–H groups in total. The van der Waals surface area contributed by atoms with Crippen LogP contribution >= 0.6 is 0 Å². The van der Waals surface area contributed by atoms with E-state index in [0.29, 0.717) is 22.5 Å². The molecule has 0 bridgehead atoms. The molecule has 25 heavy (non-hydrogen) atoms. The van der Waals surface area contributed by atoms with E-state index in [0.717, 1.165) is 5.56 Å². The van der Waals surface area contributed by atoms with Crippen LogP contribution in [0.5, 0.6) is 0 Å². The standard InChI is InChI=1S/C19H18FN3O2/c1-11-5-3-4-6-15(11)22-18(24)16-12(2)21-19(25)23-17(16)13-7-9-14(20)10-8-13/h3-10,17H,1-2H3,(H,22,24)(H2,21,23,25). The lowest BCUT2D eigenvalue weighted by Crippen LogP contribution is -2.46. The summed E-state index contributed by atoms with van der Waals surface area (Å²) in [7, 11) is 0. The molecule has 0 aliphatic carbocycles. The van der Waals surface area contributed by atoms with Gasteiger partial charge in [0.05, 0.1) is 11.6 Å². The lowest BCUT2D eigenvalue weighted by atomic mass is 9.94.